The van der Waals surface area contributed by atoms with Crippen LogP contribution in [-0.4, -0.2) is 17.3 Å². The largest absolute Gasteiger partial charge is 0.390 e. The lowest BCUT2D eigenvalue weighted by Gasteiger charge is -2.17. The third-order valence-corrected chi connectivity index (χ3v) is 2.48. The molecule has 84 valence electrons. The molecule has 0 unspecified atom stereocenters. The molecule has 2 N–H and O–H groups in total. The molecule has 0 aliphatic carbocycles. The minimum absolute atomic E-state index is 0.292. The molecule has 0 saturated carbocycles. The Morgan fingerprint density at radius 1 is 1.47 bits per heavy atom. The van der Waals surface area contributed by atoms with Crippen LogP contribution in [0.1, 0.15) is 20.3 Å². The third kappa shape index (κ3) is 4.62. The molecule has 0 aliphatic heterocycles. The highest BCUT2D eigenvalue weighted by molar-refractivity contribution is 9.10. The van der Waals surface area contributed by atoms with Gasteiger partial charge in [-0.15, -0.1) is 0 Å². The fraction of sp³-hybridized carbons (Fsp3) is 0.455. The van der Waals surface area contributed by atoms with E-state index >= 15 is 0 Å². The molecule has 1 rings (SSSR count). The summed E-state index contributed by atoms with van der Waals surface area (Å²) in [5.74, 6) is -0.292. The minimum Gasteiger partial charge on any atom is -0.390 e. The van der Waals surface area contributed by atoms with Crippen molar-refractivity contribution >= 4 is 21.6 Å². The third-order valence-electron chi connectivity index (χ3n) is 1.98. The summed E-state index contributed by atoms with van der Waals surface area (Å²) in [5, 5.41) is 12.4. The van der Waals surface area contributed by atoms with E-state index in [0.717, 1.165) is 0 Å². The lowest BCUT2D eigenvalue weighted by molar-refractivity contribution is 0.0748. The average Bonchev–Trinajstić information content (AvgIpc) is 2.07. The van der Waals surface area contributed by atoms with E-state index < -0.39 is 5.60 Å². The van der Waals surface area contributed by atoms with E-state index in [9.17, 15) is 9.50 Å². The second-order valence-electron chi connectivity index (χ2n) is 4.11. The molecule has 4 heteroatoms. The Bertz CT molecular complexity index is 336. The molecule has 0 amide bonds. The molecule has 0 atom stereocenters. The number of halogens is 2. The number of rotatable bonds is 4. The number of hydrogen-bond donors (Lipinski definition) is 2. The number of aliphatic hydroxyl groups is 1. The summed E-state index contributed by atoms with van der Waals surface area (Å²) in [6.45, 7) is 4.00. The monoisotopic (exact) mass is 275 g/mol. The summed E-state index contributed by atoms with van der Waals surface area (Å²) in [5.41, 5.74) is -0.263. The van der Waals surface area contributed by atoms with Crippen LogP contribution in [0.15, 0.2) is 22.7 Å². The van der Waals surface area contributed by atoms with Crippen LogP contribution in [0, 0.1) is 5.82 Å². The van der Waals surface area contributed by atoms with Crippen molar-refractivity contribution in [1.82, 2.24) is 0 Å². The predicted molar refractivity (Wildman–Crippen MR) is 63.5 cm³/mol. The number of benzene rings is 1. The standard InChI is InChI=1S/C11H15BrFNO/c1-11(2,15)5-6-14-10-4-3-8(12)7-9(10)13/h3-4,7,14-15H,5-6H2,1-2H3. The zero-order valence-corrected chi connectivity index (χ0v) is 10.4. The Balaban J connectivity index is 2.51. The van der Waals surface area contributed by atoms with Crippen molar-refractivity contribution in [2.75, 3.05) is 11.9 Å². The van der Waals surface area contributed by atoms with Crippen molar-refractivity contribution in [3.63, 3.8) is 0 Å². The molecule has 0 radical (unpaired) electrons. The summed E-state index contributed by atoms with van der Waals surface area (Å²) in [7, 11) is 0. The second-order valence-corrected chi connectivity index (χ2v) is 5.03. The van der Waals surface area contributed by atoms with E-state index in [1.54, 1.807) is 26.0 Å². The van der Waals surface area contributed by atoms with Crippen molar-refractivity contribution in [1.29, 1.82) is 0 Å². The van der Waals surface area contributed by atoms with Crippen LogP contribution < -0.4 is 5.32 Å². The average molecular weight is 276 g/mol. The molecule has 0 bridgehead atoms. The summed E-state index contributed by atoms with van der Waals surface area (Å²) < 4.78 is 14.0. The fourth-order valence-electron chi connectivity index (χ4n) is 1.14. The van der Waals surface area contributed by atoms with E-state index in [1.807, 2.05) is 0 Å². The smallest absolute Gasteiger partial charge is 0.147 e. The van der Waals surface area contributed by atoms with Crippen LogP contribution in [0.25, 0.3) is 0 Å². The van der Waals surface area contributed by atoms with Crippen LogP contribution >= 0.6 is 15.9 Å². The van der Waals surface area contributed by atoms with Gasteiger partial charge in [0.25, 0.3) is 0 Å². The highest BCUT2D eigenvalue weighted by Gasteiger charge is 2.11. The lowest BCUT2D eigenvalue weighted by Crippen LogP contribution is -2.22. The van der Waals surface area contributed by atoms with Gasteiger partial charge in [-0.05, 0) is 38.5 Å². The van der Waals surface area contributed by atoms with Crippen LogP contribution in [0.3, 0.4) is 0 Å². The molecule has 1 aromatic rings. The first-order chi connectivity index (χ1) is 6.88. The predicted octanol–water partition coefficient (Wildman–Crippen LogP) is 3.16. The maximum atomic E-state index is 13.3. The Labute approximate surface area is 97.6 Å². The topological polar surface area (TPSA) is 32.3 Å². The zero-order valence-electron chi connectivity index (χ0n) is 8.85. The van der Waals surface area contributed by atoms with Gasteiger partial charge in [-0.2, -0.15) is 0 Å². The first-order valence-corrected chi connectivity index (χ1v) is 5.59. The quantitative estimate of drug-likeness (QED) is 0.885. The first-order valence-electron chi connectivity index (χ1n) is 4.80. The normalized spacial score (nSPS) is 11.5. The van der Waals surface area contributed by atoms with Crippen LogP contribution in [0.5, 0.6) is 0 Å². The Kier molecular flexibility index (Phi) is 4.11. The molecule has 0 spiro atoms. The van der Waals surface area contributed by atoms with E-state index in [1.165, 1.54) is 6.07 Å². The maximum absolute atomic E-state index is 13.3. The van der Waals surface area contributed by atoms with E-state index in [-0.39, 0.29) is 5.82 Å². The van der Waals surface area contributed by atoms with Crippen molar-refractivity contribution in [2.24, 2.45) is 0 Å². The summed E-state index contributed by atoms with van der Waals surface area (Å²) in [6.07, 6.45) is 0.572. The van der Waals surface area contributed by atoms with Gasteiger partial charge in [-0.1, -0.05) is 15.9 Å². The Morgan fingerprint density at radius 2 is 2.13 bits per heavy atom. The van der Waals surface area contributed by atoms with Crippen molar-refractivity contribution in [3.05, 3.63) is 28.5 Å². The van der Waals surface area contributed by atoms with Gasteiger partial charge in [0, 0.05) is 11.0 Å². The number of hydrogen-bond acceptors (Lipinski definition) is 2. The molecule has 0 heterocycles. The van der Waals surface area contributed by atoms with Crippen molar-refractivity contribution < 1.29 is 9.50 Å². The van der Waals surface area contributed by atoms with Crippen LogP contribution in [0.2, 0.25) is 0 Å². The molecule has 0 fully saturated rings. The van der Waals surface area contributed by atoms with Gasteiger partial charge < -0.3 is 10.4 Å². The van der Waals surface area contributed by atoms with Crippen LogP contribution in [-0.2, 0) is 0 Å². The van der Waals surface area contributed by atoms with Crippen molar-refractivity contribution in [2.45, 2.75) is 25.9 Å². The van der Waals surface area contributed by atoms with Crippen molar-refractivity contribution in [3.8, 4) is 0 Å². The van der Waals surface area contributed by atoms with Gasteiger partial charge in [0.2, 0.25) is 0 Å². The van der Waals surface area contributed by atoms with E-state index in [2.05, 4.69) is 21.2 Å². The Morgan fingerprint density at radius 3 is 2.67 bits per heavy atom. The zero-order chi connectivity index (χ0) is 11.5. The molecule has 0 saturated heterocycles. The first kappa shape index (κ1) is 12.5. The van der Waals surface area contributed by atoms with Gasteiger partial charge in [0.15, 0.2) is 0 Å². The van der Waals surface area contributed by atoms with Gasteiger partial charge in [-0.3, -0.25) is 0 Å². The fourth-order valence-corrected chi connectivity index (χ4v) is 1.47. The molecule has 0 aromatic heterocycles. The van der Waals surface area contributed by atoms with Gasteiger partial charge >= 0.3 is 0 Å². The molecule has 2 nitrogen and oxygen atoms in total. The highest BCUT2D eigenvalue weighted by atomic mass is 79.9. The van der Waals surface area contributed by atoms with E-state index in [4.69, 9.17) is 0 Å². The Hall–Kier alpha value is -0.610. The van der Waals surface area contributed by atoms with Gasteiger partial charge in [-0.25, -0.2) is 4.39 Å². The molecular weight excluding hydrogens is 261 g/mol. The molecular formula is C11H15BrFNO. The summed E-state index contributed by atoms with van der Waals surface area (Å²) >= 11 is 3.19. The minimum atomic E-state index is -0.723. The van der Waals surface area contributed by atoms with E-state index in [0.29, 0.717) is 23.1 Å². The molecule has 1 aromatic carbocycles. The van der Waals surface area contributed by atoms with Crippen LogP contribution in [0.4, 0.5) is 10.1 Å². The maximum Gasteiger partial charge on any atom is 0.147 e. The van der Waals surface area contributed by atoms with Gasteiger partial charge in [0.05, 0.1) is 11.3 Å². The second kappa shape index (κ2) is 4.94. The number of nitrogens with one attached hydrogen (secondary N) is 1. The van der Waals surface area contributed by atoms with Gasteiger partial charge in [0.1, 0.15) is 5.82 Å². The summed E-state index contributed by atoms with van der Waals surface area (Å²) in [6, 6.07) is 4.85. The molecule has 15 heavy (non-hydrogen) atoms. The molecule has 0 aliphatic rings. The highest BCUT2D eigenvalue weighted by Crippen LogP contribution is 2.19. The summed E-state index contributed by atoms with van der Waals surface area (Å²) in [4.78, 5) is 0. The lowest BCUT2D eigenvalue weighted by atomic mass is 10.1. The number of anilines is 1. The SMILES string of the molecule is CC(C)(O)CCNc1ccc(Br)cc1F.